The molecule has 39 heavy (non-hydrogen) atoms. The predicted molar refractivity (Wildman–Crippen MR) is 144 cm³/mol. The van der Waals surface area contributed by atoms with Crippen molar-refractivity contribution in [3.63, 3.8) is 0 Å². The third kappa shape index (κ3) is 2.87. The molecule has 7 atom stereocenters. The van der Waals surface area contributed by atoms with Crippen molar-refractivity contribution < 1.29 is 24.1 Å². The molecule has 7 heteroatoms. The van der Waals surface area contributed by atoms with Gasteiger partial charge in [0, 0.05) is 36.2 Å². The molecule has 208 valence electrons. The minimum absolute atomic E-state index is 0.125. The lowest BCUT2D eigenvalue weighted by atomic mass is 9.40. The number of rotatable bonds is 4. The highest BCUT2D eigenvalue weighted by molar-refractivity contribution is 5.89. The number of carbonyl (C=O) groups excluding carboxylic acids is 1. The fourth-order valence-electron chi connectivity index (χ4n) is 10.2. The van der Waals surface area contributed by atoms with Gasteiger partial charge in [-0.3, -0.25) is 9.69 Å². The van der Waals surface area contributed by atoms with E-state index in [0.717, 1.165) is 81.9 Å². The largest absolute Gasteiger partial charge is 0.493 e. The number of piperidine rings is 2. The van der Waals surface area contributed by atoms with Gasteiger partial charge in [-0.25, -0.2) is 0 Å². The van der Waals surface area contributed by atoms with Gasteiger partial charge in [0.25, 0.3) is 0 Å². The van der Waals surface area contributed by atoms with Crippen LogP contribution in [-0.2, 0) is 21.4 Å². The van der Waals surface area contributed by atoms with E-state index in [4.69, 9.17) is 14.2 Å². The number of amides is 1. The van der Waals surface area contributed by atoms with E-state index >= 15 is 0 Å². The summed E-state index contributed by atoms with van der Waals surface area (Å²) in [5.41, 5.74) is 2.31. The Morgan fingerprint density at radius 1 is 1.18 bits per heavy atom. The van der Waals surface area contributed by atoms with Crippen LogP contribution in [0.2, 0.25) is 0 Å². The number of aliphatic hydroxyl groups is 1. The van der Waals surface area contributed by atoms with E-state index in [-0.39, 0.29) is 35.6 Å². The van der Waals surface area contributed by atoms with E-state index in [1.54, 1.807) is 7.11 Å². The van der Waals surface area contributed by atoms with Crippen LogP contribution in [0.5, 0.6) is 11.5 Å². The molecule has 7 fully saturated rings. The number of benzene rings is 1. The molecular weight excluding hydrogens is 492 g/mol. The maximum Gasteiger partial charge on any atom is 0.246 e. The first-order valence-electron chi connectivity index (χ1n) is 15.4. The quantitative estimate of drug-likeness (QED) is 0.600. The summed E-state index contributed by atoms with van der Waals surface area (Å²) in [6.07, 6.45) is 12.1. The fourth-order valence-corrected chi connectivity index (χ4v) is 10.2. The van der Waals surface area contributed by atoms with Crippen molar-refractivity contribution >= 4 is 5.91 Å². The Balaban J connectivity index is 1.14. The standard InChI is InChI=1S/C32H40N2O5/c1-37-24-7-4-20-14-25-32(36)11-10-30(9-8-21(30)15-26(35)34-17-23-6-5-22(34)18-38-23)29-31(32,27(20)28(24)39-29)12-13-33(25)16-19-2-3-19/h4,7,15,19,22-23,25,29,36H,2-3,5-6,8-14,16-18H2,1H3/b21-15+/t22?,23?,25-,29-,30-,31-,32+/m0/s1. The molecule has 5 aliphatic heterocycles. The topological polar surface area (TPSA) is 71.5 Å². The lowest BCUT2D eigenvalue weighted by Gasteiger charge is -2.68. The number of likely N-dealkylation sites (tertiary alicyclic amines) is 1. The molecule has 3 saturated carbocycles. The van der Waals surface area contributed by atoms with Gasteiger partial charge < -0.3 is 24.2 Å². The maximum atomic E-state index is 13.7. The normalized spacial score (nSPS) is 44.3. The summed E-state index contributed by atoms with van der Waals surface area (Å²) in [6.45, 7) is 3.50. The summed E-state index contributed by atoms with van der Waals surface area (Å²) in [5, 5.41) is 12.9. The van der Waals surface area contributed by atoms with Crippen LogP contribution in [0.1, 0.15) is 68.9 Å². The first kappa shape index (κ1) is 23.6. The second kappa shape index (κ2) is 7.80. The van der Waals surface area contributed by atoms with Crippen LogP contribution in [0.15, 0.2) is 23.8 Å². The summed E-state index contributed by atoms with van der Waals surface area (Å²) in [7, 11) is 1.72. The van der Waals surface area contributed by atoms with E-state index in [0.29, 0.717) is 13.2 Å². The van der Waals surface area contributed by atoms with E-state index in [2.05, 4.69) is 21.9 Å². The van der Waals surface area contributed by atoms with Gasteiger partial charge in [-0.2, -0.15) is 0 Å². The summed E-state index contributed by atoms with van der Waals surface area (Å²) < 4.78 is 18.8. The minimum atomic E-state index is -0.825. The molecule has 10 rings (SSSR count). The van der Waals surface area contributed by atoms with Gasteiger partial charge in [0.2, 0.25) is 5.91 Å². The first-order valence-corrected chi connectivity index (χ1v) is 15.4. The zero-order chi connectivity index (χ0) is 26.1. The second-order valence-electron chi connectivity index (χ2n) is 13.9. The molecule has 1 amide bonds. The van der Waals surface area contributed by atoms with Crippen molar-refractivity contribution in [2.45, 2.75) is 99.5 Å². The molecule has 7 nitrogen and oxygen atoms in total. The molecule has 4 aliphatic carbocycles. The first-order chi connectivity index (χ1) is 19.0. The van der Waals surface area contributed by atoms with E-state index in [1.165, 1.54) is 29.5 Å². The number of ether oxygens (including phenoxy) is 3. The molecule has 1 aromatic rings. The van der Waals surface area contributed by atoms with E-state index in [1.807, 2.05) is 6.08 Å². The van der Waals surface area contributed by atoms with Crippen LogP contribution >= 0.6 is 0 Å². The van der Waals surface area contributed by atoms with Gasteiger partial charge in [-0.05, 0) is 88.3 Å². The SMILES string of the molecule is COc1ccc2c3c1O[C@H]1[C@@]4(CC/C4=C\C(=O)N4CC5CCC4CO5)CC[C@@]4(O)[C@H](C2)N(CC2CC2)CC[C@]314. The van der Waals surface area contributed by atoms with Crippen molar-refractivity contribution in [1.29, 1.82) is 0 Å². The number of fused-ring (bicyclic) bond motifs is 4. The van der Waals surface area contributed by atoms with Crippen molar-refractivity contribution in [2.75, 3.05) is 33.4 Å². The molecule has 1 N–H and O–H groups in total. The highest BCUT2D eigenvalue weighted by atomic mass is 16.5. The molecule has 4 bridgehead atoms. The van der Waals surface area contributed by atoms with E-state index < -0.39 is 11.0 Å². The Morgan fingerprint density at radius 2 is 2.08 bits per heavy atom. The maximum absolute atomic E-state index is 13.7. The molecule has 2 unspecified atom stereocenters. The van der Waals surface area contributed by atoms with Crippen LogP contribution in [0, 0.1) is 11.3 Å². The van der Waals surface area contributed by atoms with Crippen molar-refractivity contribution in [1.82, 2.24) is 9.80 Å². The number of methoxy groups -OCH3 is 1. The Bertz CT molecular complexity index is 1280. The summed E-state index contributed by atoms with van der Waals surface area (Å²) in [6, 6.07) is 4.63. The van der Waals surface area contributed by atoms with Gasteiger partial charge in [-0.15, -0.1) is 0 Å². The smallest absolute Gasteiger partial charge is 0.246 e. The number of hydrogen-bond donors (Lipinski definition) is 1. The zero-order valence-electron chi connectivity index (χ0n) is 23.0. The Morgan fingerprint density at radius 3 is 2.77 bits per heavy atom. The zero-order valence-corrected chi connectivity index (χ0v) is 23.0. The number of carbonyl (C=O) groups is 1. The minimum Gasteiger partial charge on any atom is -0.493 e. The van der Waals surface area contributed by atoms with Gasteiger partial charge >= 0.3 is 0 Å². The number of morpholine rings is 1. The fraction of sp³-hybridized carbons (Fsp3) is 0.719. The van der Waals surface area contributed by atoms with Crippen LogP contribution in [0.25, 0.3) is 0 Å². The Labute approximate surface area is 230 Å². The molecule has 4 saturated heterocycles. The molecule has 5 heterocycles. The third-order valence-corrected chi connectivity index (χ3v) is 12.4. The average molecular weight is 533 g/mol. The number of hydrogen-bond acceptors (Lipinski definition) is 6. The Hall–Kier alpha value is -2.09. The van der Waals surface area contributed by atoms with Gasteiger partial charge in [0.15, 0.2) is 11.5 Å². The summed E-state index contributed by atoms with van der Waals surface area (Å²) in [4.78, 5) is 18.3. The lowest BCUT2D eigenvalue weighted by molar-refractivity contribution is -0.218. The monoisotopic (exact) mass is 532 g/mol. The second-order valence-corrected chi connectivity index (χ2v) is 13.9. The van der Waals surface area contributed by atoms with Crippen LogP contribution in [0.3, 0.4) is 0 Å². The third-order valence-electron chi connectivity index (χ3n) is 12.4. The van der Waals surface area contributed by atoms with Crippen LogP contribution in [-0.4, -0.2) is 84.1 Å². The molecule has 1 aromatic carbocycles. The molecule has 2 spiro atoms. The average Bonchev–Trinajstić information content (AvgIpc) is 3.70. The van der Waals surface area contributed by atoms with Gasteiger partial charge in [-0.1, -0.05) is 11.6 Å². The predicted octanol–water partition coefficient (Wildman–Crippen LogP) is 3.36. The van der Waals surface area contributed by atoms with E-state index in [9.17, 15) is 9.90 Å². The summed E-state index contributed by atoms with van der Waals surface area (Å²) in [5.74, 6) is 2.58. The molecule has 0 radical (unpaired) electrons. The van der Waals surface area contributed by atoms with Crippen LogP contribution < -0.4 is 9.47 Å². The lowest BCUT2D eigenvalue weighted by Crippen LogP contribution is -2.78. The molecular formula is C32H40N2O5. The number of nitrogens with zero attached hydrogens (tertiary/aromatic N) is 2. The van der Waals surface area contributed by atoms with Crippen LogP contribution in [0.4, 0.5) is 0 Å². The van der Waals surface area contributed by atoms with Gasteiger partial charge in [0.05, 0.1) is 36.9 Å². The van der Waals surface area contributed by atoms with Crippen molar-refractivity contribution in [2.24, 2.45) is 11.3 Å². The summed E-state index contributed by atoms with van der Waals surface area (Å²) >= 11 is 0. The highest BCUT2D eigenvalue weighted by Gasteiger charge is 2.77. The Kier molecular flexibility index (Phi) is 4.72. The van der Waals surface area contributed by atoms with Crippen molar-refractivity contribution in [3.8, 4) is 11.5 Å². The molecule has 0 aromatic heterocycles. The van der Waals surface area contributed by atoms with Gasteiger partial charge in [0.1, 0.15) is 6.10 Å². The van der Waals surface area contributed by atoms with Crippen molar-refractivity contribution in [3.05, 3.63) is 34.9 Å². The molecule has 9 aliphatic rings. The highest BCUT2D eigenvalue weighted by Crippen LogP contribution is 2.73.